The van der Waals surface area contributed by atoms with Crippen molar-refractivity contribution in [2.75, 3.05) is 13.7 Å². The highest BCUT2D eigenvalue weighted by Crippen LogP contribution is 2.26. The van der Waals surface area contributed by atoms with E-state index in [9.17, 15) is 0 Å². The molecule has 0 aliphatic heterocycles. The summed E-state index contributed by atoms with van der Waals surface area (Å²) in [7, 11) is 3.77. The molecule has 0 aliphatic carbocycles. The van der Waals surface area contributed by atoms with Crippen LogP contribution >= 0.6 is 0 Å². The standard InChI is InChI=1S/C14H27N3O/c1-6-14(7-2,18-5)13(15-8-3)11-12-9-10-17(4)16-12/h9-10,13,15H,6-8,11H2,1-5H3. The summed E-state index contributed by atoms with van der Waals surface area (Å²) in [5.41, 5.74) is 1.01. The highest BCUT2D eigenvalue weighted by molar-refractivity contribution is 5.05. The van der Waals surface area contributed by atoms with Crippen molar-refractivity contribution >= 4 is 0 Å². The van der Waals surface area contributed by atoms with Crippen molar-refractivity contribution in [3.8, 4) is 0 Å². The number of ether oxygens (including phenoxy) is 1. The molecule has 0 saturated carbocycles. The number of aromatic nitrogens is 2. The second kappa shape index (κ2) is 6.90. The van der Waals surface area contributed by atoms with Gasteiger partial charge in [-0.15, -0.1) is 0 Å². The van der Waals surface area contributed by atoms with E-state index < -0.39 is 0 Å². The number of nitrogens with one attached hydrogen (secondary N) is 1. The second-order valence-corrected chi connectivity index (χ2v) is 4.77. The average Bonchev–Trinajstić information content (AvgIpc) is 2.78. The number of likely N-dealkylation sites (N-methyl/N-ethyl adjacent to an activating group) is 1. The predicted molar refractivity (Wildman–Crippen MR) is 74.7 cm³/mol. The van der Waals surface area contributed by atoms with E-state index in [2.05, 4.69) is 37.3 Å². The molecule has 0 spiro atoms. The van der Waals surface area contributed by atoms with Gasteiger partial charge in [-0.3, -0.25) is 4.68 Å². The minimum atomic E-state index is -0.104. The van der Waals surface area contributed by atoms with Crippen molar-refractivity contribution < 1.29 is 4.74 Å². The average molecular weight is 253 g/mol. The van der Waals surface area contributed by atoms with E-state index in [1.165, 1.54) is 0 Å². The fraction of sp³-hybridized carbons (Fsp3) is 0.786. The van der Waals surface area contributed by atoms with E-state index in [1.54, 1.807) is 0 Å². The quantitative estimate of drug-likeness (QED) is 0.771. The maximum atomic E-state index is 5.83. The first kappa shape index (κ1) is 15.2. The molecule has 4 heteroatoms. The molecule has 18 heavy (non-hydrogen) atoms. The molecule has 0 amide bonds. The first-order valence-corrected chi connectivity index (χ1v) is 6.88. The van der Waals surface area contributed by atoms with E-state index in [4.69, 9.17) is 4.74 Å². The van der Waals surface area contributed by atoms with Crippen LogP contribution in [0.3, 0.4) is 0 Å². The molecule has 0 aliphatic rings. The molecule has 4 nitrogen and oxygen atoms in total. The topological polar surface area (TPSA) is 39.1 Å². The molecule has 1 heterocycles. The maximum absolute atomic E-state index is 5.83. The number of aryl methyl sites for hydroxylation is 1. The normalized spacial score (nSPS) is 13.8. The summed E-state index contributed by atoms with van der Waals surface area (Å²) in [5.74, 6) is 0. The Morgan fingerprint density at radius 3 is 2.44 bits per heavy atom. The van der Waals surface area contributed by atoms with Crippen LogP contribution in [0.15, 0.2) is 12.3 Å². The Morgan fingerprint density at radius 2 is 2.06 bits per heavy atom. The SMILES string of the molecule is CCNC(Cc1ccn(C)n1)C(CC)(CC)OC. The second-order valence-electron chi connectivity index (χ2n) is 4.77. The van der Waals surface area contributed by atoms with Crippen molar-refractivity contribution in [1.82, 2.24) is 15.1 Å². The van der Waals surface area contributed by atoms with E-state index >= 15 is 0 Å². The zero-order valence-corrected chi connectivity index (χ0v) is 12.4. The lowest BCUT2D eigenvalue weighted by atomic mass is 9.85. The molecule has 1 rings (SSSR count). The largest absolute Gasteiger partial charge is 0.377 e. The van der Waals surface area contributed by atoms with Crippen LogP contribution in [0.25, 0.3) is 0 Å². The molecule has 1 unspecified atom stereocenters. The molecule has 1 aromatic rings. The van der Waals surface area contributed by atoms with Crippen LogP contribution in [0, 0.1) is 0 Å². The summed E-state index contributed by atoms with van der Waals surface area (Å²) < 4.78 is 7.68. The van der Waals surface area contributed by atoms with Crippen molar-refractivity contribution in [2.24, 2.45) is 7.05 Å². The van der Waals surface area contributed by atoms with Gasteiger partial charge in [0.1, 0.15) is 0 Å². The lowest BCUT2D eigenvalue weighted by molar-refractivity contribution is -0.0470. The van der Waals surface area contributed by atoms with Gasteiger partial charge >= 0.3 is 0 Å². The summed E-state index contributed by atoms with van der Waals surface area (Å²) in [6.45, 7) is 7.46. The summed E-state index contributed by atoms with van der Waals surface area (Å²) >= 11 is 0. The highest BCUT2D eigenvalue weighted by atomic mass is 16.5. The Balaban J connectivity index is 2.86. The molecule has 0 bridgehead atoms. The van der Waals surface area contributed by atoms with Crippen LogP contribution in [0.2, 0.25) is 0 Å². The fourth-order valence-corrected chi connectivity index (χ4v) is 2.65. The van der Waals surface area contributed by atoms with E-state index in [-0.39, 0.29) is 5.60 Å². The molecule has 0 saturated heterocycles. The Labute approximate surface area is 111 Å². The Hall–Kier alpha value is -0.870. The lowest BCUT2D eigenvalue weighted by Gasteiger charge is -2.38. The lowest BCUT2D eigenvalue weighted by Crippen LogP contribution is -2.52. The molecular formula is C14H27N3O. The van der Waals surface area contributed by atoms with Crippen LogP contribution in [0.1, 0.15) is 39.3 Å². The van der Waals surface area contributed by atoms with Gasteiger partial charge in [0, 0.05) is 32.8 Å². The van der Waals surface area contributed by atoms with Gasteiger partial charge in [-0.05, 0) is 25.5 Å². The smallest absolute Gasteiger partial charge is 0.0829 e. The Bertz CT molecular complexity index is 336. The van der Waals surface area contributed by atoms with Crippen LogP contribution in [0.5, 0.6) is 0 Å². The molecule has 1 atom stereocenters. The zero-order valence-electron chi connectivity index (χ0n) is 12.4. The molecule has 104 valence electrons. The van der Waals surface area contributed by atoms with E-state index in [1.807, 2.05) is 25.0 Å². The van der Waals surface area contributed by atoms with Crippen LogP contribution in [-0.4, -0.2) is 35.1 Å². The minimum Gasteiger partial charge on any atom is -0.377 e. The minimum absolute atomic E-state index is 0.104. The van der Waals surface area contributed by atoms with Gasteiger partial charge in [-0.25, -0.2) is 0 Å². The van der Waals surface area contributed by atoms with Gasteiger partial charge in [-0.1, -0.05) is 20.8 Å². The van der Waals surface area contributed by atoms with Gasteiger partial charge in [0.25, 0.3) is 0 Å². The number of nitrogens with zero attached hydrogens (tertiary/aromatic N) is 2. The highest BCUT2D eigenvalue weighted by Gasteiger charge is 2.35. The Kier molecular flexibility index (Phi) is 5.82. The van der Waals surface area contributed by atoms with E-state index in [0.717, 1.165) is 31.5 Å². The zero-order chi connectivity index (χ0) is 13.6. The van der Waals surface area contributed by atoms with Crippen molar-refractivity contribution in [2.45, 2.75) is 51.7 Å². The van der Waals surface area contributed by atoms with Gasteiger partial charge in [0.2, 0.25) is 0 Å². The van der Waals surface area contributed by atoms with Crippen molar-refractivity contribution in [1.29, 1.82) is 0 Å². The molecule has 0 radical (unpaired) electrons. The van der Waals surface area contributed by atoms with Crippen molar-refractivity contribution in [3.63, 3.8) is 0 Å². The number of hydrogen-bond acceptors (Lipinski definition) is 3. The van der Waals surface area contributed by atoms with Crippen LogP contribution in [0.4, 0.5) is 0 Å². The number of rotatable bonds is 8. The van der Waals surface area contributed by atoms with Crippen molar-refractivity contribution in [3.05, 3.63) is 18.0 Å². The third kappa shape index (κ3) is 3.33. The molecule has 1 N–H and O–H groups in total. The number of hydrogen-bond donors (Lipinski definition) is 1. The first-order chi connectivity index (χ1) is 8.61. The van der Waals surface area contributed by atoms with E-state index in [0.29, 0.717) is 6.04 Å². The third-order valence-electron chi connectivity index (χ3n) is 3.87. The summed E-state index contributed by atoms with van der Waals surface area (Å²) in [5, 5.41) is 8.03. The van der Waals surface area contributed by atoms with Crippen LogP contribution in [-0.2, 0) is 18.2 Å². The first-order valence-electron chi connectivity index (χ1n) is 6.88. The summed E-state index contributed by atoms with van der Waals surface area (Å²) in [6.07, 6.45) is 4.91. The third-order valence-corrected chi connectivity index (χ3v) is 3.87. The molecule has 1 aromatic heterocycles. The maximum Gasteiger partial charge on any atom is 0.0829 e. The molecule has 0 aromatic carbocycles. The van der Waals surface area contributed by atoms with Gasteiger partial charge in [0.05, 0.1) is 11.3 Å². The summed E-state index contributed by atoms with van der Waals surface area (Å²) in [4.78, 5) is 0. The number of methoxy groups -OCH3 is 1. The summed E-state index contributed by atoms with van der Waals surface area (Å²) in [6, 6.07) is 2.38. The fourth-order valence-electron chi connectivity index (χ4n) is 2.65. The predicted octanol–water partition coefficient (Wildman–Crippen LogP) is 2.15. The molecule has 0 fully saturated rings. The monoisotopic (exact) mass is 253 g/mol. The van der Waals surface area contributed by atoms with Crippen LogP contribution < -0.4 is 5.32 Å². The van der Waals surface area contributed by atoms with Gasteiger partial charge < -0.3 is 10.1 Å². The van der Waals surface area contributed by atoms with Gasteiger partial charge in [0.15, 0.2) is 0 Å². The molecular weight excluding hydrogens is 226 g/mol. The van der Waals surface area contributed by atoms with Gasteiger partial charge in [-0.2, -0.15) is 5.10 Å². The Morgan fingerprint density at radius 1 is 1.39 bits per heavy atom.